The molecule has 1 heterocycles. The average molecular weight is 215 g/mol. The van der Waals surface area contributed by atoms with Crippen LogP contribution in [0.5, 0.6) is 0 Å². The summed E-state index contributed by atoms with van der Waals surface area (Å²) in [6.07, 6.45) is 5.58. The van der Waals surface area contributed by atoms with Crippen molar-refractivity contribution in [3.8, 4) is 0 Å². The molecular formula is C6H8Cl3N2+. The summed E-state index contributed by atoms with van der Waals surface area (Å²) in [6, 6.07) is 0. The van der Waals surface area contributed by atoms with Gasteiger partial charge in [0.15, 0.2) is 0 Å². The van der Waals surface area contributed by atoms with Crippen molar-refractivity contribution in [1.82, 2.24) is 4.57 Å². The first-order valence-corrected chi connectivity index (χ1v) is 4.18. The van der Waals surface area contributed by atoms with Gasteiger partial charge in [0.25, 0.3) is 0 Å². The highest BCUT2D eigenvalue weighted by Gasteiger charge is 2.23. The number of rotatable bonds is 1. The number of halogens is 3. The minimum Gasteiger partial charge on any atom is -0.240 e. The molecule has 0 aromatic carbocycles. The van der Waals surface area contributed by atoms with Crippen LogP contribution in [-0.4, -0.2) is 8.36 Å². The Balaban J connectivity index is 2.65. The quantitative estimate of drug-likeness (QED) is 0.497. The normalized spacial score (nSPS) is 12.0. The Hall–Kier alpha value is 0.0800. The minimum atomic E-state index is -1.22. The van der Waals surface area contributed by atoms with Gasteiger partial charge in [0.05, 0.1) is 7.05 Å². The van der Waals surface area contributed by atoms with Crippen LogP contribution in [-0.2, 0) is 13.6 Å². The van der Waals surface area contributed by atoms with Crippen LogP contribution in [0, 0.1) is 0 Å². The first kappa shape index (κ1) is 9.17. The molecule has 0 unspecified atom stereocenters. The fourth-order valence-electron chi connectivity index (χ4n) is 0.802. The zero-order valence-corrected chi connectivity index (χ0v) is 8.24. The SMILES string of the molecule is C[n+]1ccn(CC(Cl)(Cl)Cl)c1. The maximum absolute atomic E-state index is 5.58. The fourth-order valence-corrected chi connectivity index (χ4v) is 1.22. The number of hydrogen-bond acceptors (Lipinski definition) is 0. The van der Waals surface area contributed by atoms with E-state index in [1.807, 2.05) is 34.9 Å². The van der Waals surface area contributed by atoms with E-state index >= 15 is 0 Å². The largest absolute Gasteiger partial charge is 0.243 e. The molecular weight excluding hydrogens is 206 g/mol. The van der Waals surface area contributed by atoms with Gasteiger partial charge in [-0.2, -0.15) is 0 Å². The van der Waals surface area contributed by atoms with Gasteiger partial charge in [-0.25, -0.2) is 9.13 Å². The Morgan fingerprint density at radius 1 is 1.45 bits per heavy atom. The molecule has 0 radical (unpaired) electrons. The van der Waals surface area contributed by atoms with Crippen LogP contribution >= 0.6 is 34.8 Å². The van der Waals surface area contributed by atoms with E-state index in [2.05, 4.69) is 0 Å². The highest BCUT2D eigenvalue weighted by molar-refractivity contribution is 6.67. The van der Waals surface area contributed by atoms with E-state index in [-0.39, 0.29) is 0 Å². The highest BCUT2D eigenvalue weighted by Crippen LogP contribution is 2.27. The summed E-state index contributed by atoms with van der Waals surface area (Å²) in [5.74, 6) is 0. The summed E-state index contributed by atoms with van der Waals surface area (Å²) in [6.45, 7) is 0.374. The van der Waals surface area contributed by atoms with Gasteiger partial charge in [0.1, 0.15) is 18.9 Å². The first-order chi connectivity index (χ1) is 4.97. The first-order valence-electron chi connectivity index (χ1n) is 3.05. The Labute approximate surface area is 80.3 Å². The van der Waals surface area contributed by atoms with Gasteiger partial charge < -0.3 is 0 Å². The molecule has 0 aliphatic carbocycles. The van der Waals surface area contributed by atoms with Crippen molar-refractivity contribution in [1.29, 1.82) is 0 Å². The summed E-state index contributed by atoms with van der Waals surface area (Å²) < 4.78 is 2.48. The van der Waals surface area contributed by atoms with E-state index in [0.29, 0.717) is 6.54 Å². The molecule has 1 rings (SSSR count). The third-order valence-electron chi connectivity index (χ3n) is 1.19. The van der Waals surface area contributed by atoms with Crippen molar-refractivity contribution in [2.24, 2.45) is 7.05 Å². The molecule has 0 atom stereocenters. The van der Waals surface area contributed by atoms with Crippen molar-refractivity contribution < 1.29 is 4.57 Å². The molecule has 1 aromatic rings. The van der Waals surface area contributed by atoms with Gasteiger partial charge in [-0.3, -0.25) is 0 Å². The topological polar surface area (TPSA) is 8.81 Å². The van der Waals surface area contributed by atoms with Gasteiger partial charge in [-0.1, -0.05) is 34.8 Å². The lowest BCUT2D eigenvalue weighted by Gasteiger charge is -2.05. The van der Waals surface area contributed by atoms with Crippen molar-refractivity contribution in [3.05, 3.63) is 18.7 Å². The van der Waals surface area contributed by atoms with Crippen LogP contribution in [0.4, 0.5) is 0 Å². The van der Waals surface area contributed by atoms with Crippen LogP contribution in [0.15, 0.2) is 18.7 Å². The van der Waals surface area contributed by atoms with Crippen molar-refractivity contribution in [3.63, 3.8) is 0 Å². The van der Waals surface area contributed by atoms with Crippen LogP contribution in [0.3, 0.4) is 0 Å². The second kappa shape index (κ2) is 3.21. The lowest BCUT2D eigenvalue weighted by molar-refractivity contribution is -0.671. The summed E-state index contributed by atoms with van der Waals surface area (Å²) in [4.78, 5) is 0. The van der Waals surface area contributed by atoms with E-state index in [0.717, 1.165) is 0 Å². The molecule has 0 aliphatic rings. The molecule has 0 bridgehead atoms. The van der Waals surface area contributed by atoms with Gasteiger partial charge >= 0.3 is 0 Å². The molecule has 0 aliphatic heterocycles. The number of imidazole rings is 1. The molecule has 2 nitrogen and oxygen atoms in total. The van der Waals surface area contributed by atoms with Gasteiger partial charge in [-0.05, 0) is 0 Å². The van der Waals surface area contributed by atoms with Crippen molar-refractivity contribution >= 4 is 34.8 Å². The van der Waals surface area contributed by atoms with E-state index in [4.69, 9.17) is 34.8 Å². The number of hydrogen-bond donors (Lipinski definition) is 0. The monoisotopic (exact) mass is 213 g/mol. The zero-order valence-electron chi connectivity index (χ0n) is 5.97. The number of aromatic nitrogens is 2. The van der Waals surface area contributed by atoms with E-state index < -0.39 is 3.79 Å². The number of aryl methyl sites for hydroxylation is 1. The number of nitrogens with zero attached hydrogens (tertiary/aromatic N) is 2. The molecule has 62 valence electrons. The third kappa shape index (κ3) is 3.32. The van der Waals surface area contributed by atoms with E-state index in [1.165, 1.54) is 0 Å². The molecule has 0 saturated heterocycles. The Bertz CT molecular complexity index is 238. The van der Waals surface area contributed by atoms with Crippen LogP contribution < -0.4 is 4.57 Å². The summed E-state index contributed by atoms with van der Waals surface area (Å²) in [5, 5.41) is 0. The maximum atomic E-state index is 5.58. The maximum Gasteiger partial charge on any atom is 0.243 e. The van der Waals surface area contributed by atoms with Crippen LogP contribution in [0.1, 0.15) is 0 Å². The molecule has 0 saturated carbocycles. The Morgan fingerprint density at radius 3 is 2.45 bits per heavy atom. The molecule has 5 heteroatoms. The molecule has 0 fully saturated rings. The van der Waals surface area contributed by atoms with Gasteiger partial charge in [0.2, 0.25) is 10.1 Å². The smallest absolute Gasteiger partial charge is 0.240 e. The van der Waals surface area contributed by atoms with Crippen LogP contribution in [0.25, 0.3) is 0 Å². The molecule has 0 spiro atoms. The minimum absolute atomic E-state index is 0.374. The van der Waals surface area contributed by atoms with Gasteiger partial charge in [0, 0.05) is 0 Å². The molecule has 1 aromatic heterocycles. The fraction of sp³-hybridized carbons (Fsp3) is 0.500. The third-order valence-corrected chi connectivity index (χ3v) is 1.54. The molecule has 11 heavy (non-hydrogen) atoms. The summed E-state index contributed by atoms with van der Waals surface area (Å²) >= 11 is 16.7. The molecule has 0 amide bonds. The van der Waals surface area contributed by atoms with E-state index in [1.54, 1.807) is 0 Å². The second-order valence-electron chi connectivity index (χ2n) is 2.37. The van der Waals surface area contributed by atoms with E-state index in [9.17, 15) is 0 Å². The predicted octanol–water partition coefficient (Wildman–Crippen LogP) is 1.68. The standard InChI is InChI=1S/C6H8Cl3N2/c1-10-2-3-11(5-10)4-6(7,8)9/h2-3,5H,4H2,1H3/q+1. The predicted molar refractivity (Wildman–Crippen MR) is 45.9 cm³/mol. The summed E-state index contributed by atoms with van der Waals surface area (Å²) in [5.41, 5.74) is 0. The lowest BCUT2D eigenvalue weighted by Crippen LogP contribution is -2.24. The lowest BCUT2D eigenvalue weighted by atomic mass is 10.7. The highest BCUT2D eigenvalue weighted by atomic mass is 35.6. The number of alkyl halides is 3. The zero-order chi connectivity index (χ0) is 8.48. The van der Waals surface area contributed by atoms with Gasteiger partial charge in [-0.15, -0.1) is 0 Å². The van der Waals surface area contributed by atoms with Crippen LogP contribution in [0.2, 0.25) is 0 Å². The average Bonchev–Trinajstić information content (AvgIpc) is 2.10. The van der Waals surface area contributed by atoms with Crippen molar-refractivity contribution in [2.45, 2.75) is 10.3 Å². The second-order valence-corrected chi connectivity index (χ2v) is 4.88. The van der Waals surface area contributed by atoms with Crippen molar-refractivity contribution in [2.75, 3.05) is 0 Å². The summed E-state index contributed by atoms with van der Waals surface area (Å²) in [7, 11) is 1.91. The molecule has 0 N–H and O–H groups in total. The Kier molecular flexibility index (Phi) is 2.68. The Morgan fingerprint density at radius 2 is 2.09 bits per heavy atom.